The van der Waals surface area contributed by atoms with Crippen LogP contribution in [0.1, 0.15) is 22.5 Å². The lowest BCUT2D eigenvalue weighted by Crippen LogP contribution is -2.19. The van der Waals surface area contributed by atoms with Crippen LogP contribution in [0.25, 0.3) is 0 Å². The molecule has 0 fully saturated rings. The monoisotopic (exact) mass is 349 g/mol. The van der Waals surface area contributed by atoms with Crippen molar-refractivity contribution in [3.05, 3.63) is 58.3 Å². The molecule has 2 rings (SSSR count). The normalized spacial score (nSPS) is 10.3. The number of nitrogens with zero attached hydrogens (tertiary/aromatic N) is 1. The summed E-state index contributed by atoms with van der Waals surface area (Å²) < 4.78 is 2.61. The number of carboxylic acid groups (broad SMARTS) is 1. The summed E-state index contributed by atoms with van der Waals surface area (Å²) >= 11 is 3.43. The minimum absolute atomic E-state index is 0.320. The van der Waals surface area contributed by atoms with E-state index in [0.29, 0.717) is 12.2 Å². The SMILES string of the molecule is O=C(O)C(=O)CC(=O)c1cccn1Cc1ccccc1Br. The molecule has 0 atom stereocenters. The van der Waals surface area contributed by atoms with Crippen molar-refractivity contribution in [3.8, 4) is 0 Å². The summed E-state index contributed by atoms with van der Waals surface area (Å²) in [4.78, 5) is 33.6. The van der Waals surface area contributed by atoms with E-state index in [9.17, 15) is 14.4 Å². The van der Waals surface area contributed by atoms with E-state index >= 15 is 0 Å². The van der Waals surface area contributed by atoms with Gasteiger partial charge in [0.1, 0.15) is 0 Å². The molecule has 108 valence electrons. The third-order valence-electron chi connectivity index (χ3n) is 2.97. The van der Waals surface area contributed by atoms with E-state index in [4.69, 9.17) is 5.11 Å². The summed E-state index contributed by atoms with van der Waals surface area (Å²) in [6, 6.07) is 10.9. The summed E-state index contributed by atoms with van der Waals surface area (Å²) in [7, 11) is 0. The van der Waals surface area contributed by atoms with Crippen LogP contribution in [0, 0.1) is 0 Å². The van der Waals surface area contributed by atoms with Gasteiger partial charge in [0, 0.05) is 17.2 Å². The molecule has 0 aliphatic carbocycles. The Morgan fingerprint density at radius 2 is 1.81 bits per heavy atom. The number of aliphatic carboxylic acids is 1. The van der Waals surface area contributed by atoms with Gasteiger partial charge < -0.3 is 9.67 Å². The van der Waals surface area contributed by atoms with Crippen LogP contribution in [0.4, 0.5) is 0 Å². The first-order valence-corrected chi connectivity index (χ1v) is 6.96. The summed E-state index contributed by atoms with van der Waals surface area (Å²) in [5, 5.41) is 8.55. The van der Waals surface area contributed by atoms with Gasteiger partial charge in [0.25, 0.3) is 0 Å². The first-order chi connectivity index (χ1) is 9.99. The Balaban J connectivity index is 2.19. The highest BCUT2D eigenvalue weighted by Gasteiger charge is 2.20. The summed E-state index contributed by atoms with van der Waals surface area (Å²) in [5.41, 5.74) is 1.30. The molecule has 1 aromatic heterocycles. The fraction of sp³-hybridized carbons (Fsp3) is 0.133. The van der Waals surface area contributed by atoms with E-state index in [0.717, 1.165) is 10.0 Å². The first kappa shape index (κ1) is 15.2. The van der Waals surface area contributed by atoms with Crippen LogP contribution in [-0.2, 0) is 16.1 Å². The van der Waals surface area contributed by atoms with Crippen molar-refractivity contribution >= 4 is 33.5 Å². The zero-order chi connectivity index (χ0) is 15.4. The Morgan fingerprint density at radius 3 is 2.48 bits per heavy atom. The van der Waals surface area contributed by atoms with Crippen LogP contribution < -0.4 is 0 Å². The zero-order valence-corrected chi connectivity index (χ0v) is 12.5. The number of halogens is 1. The molecular formula is C15H12BrNO4. The van der Waals surface area contributed by atoms with E-state index in [1.54, 1.807) is 22.9 Å². The lowest BCUT2D eigenvalue weighted by atomic mass is 10.1. The Bertz CT molecular complexity index is 705. The van der Waals surface area contributed by atoms with E-state index in [2.05, 4.69) is 15.9 Å². The quantitative estimate of drug-likeness (QED) is 0.493. The number of benzene rings is 1. The van der Waals surface area contributed by atoms with E-state index in [1.165, 1.54) is 0 Å². The molecule has 0 aliphatic heterocycles. The molecule has 1 aromatic carbocycles. The largest absolute Gasteiger partial charge is 0.475 e. The van der Waals surface area contributed by atoms with Gasteiger partial charge in [-0.05, 0) is 23.8 Å². The second-order valence-electron chi connectivity index (χ2n) is 4.44. The Kier molecular flexibility index (Phi) is 4.70. The molecule has 0 bridgehead atoms. The van der Waals surface area contributed by atoms with Crippen LogP contribution in [0.5, 0.6) is 0 Å². The number of ketones is 2. The molecule has 0 unspecified atom stereocenters. The van der Waals surface area contributed by atoms with Gasteiger partial charge in [0.15, 0.2) is 5.78 Å². The maximum atomic E-state index is 12.0. The van der Waals surface area contributed by atoms with Crippen molar-refractivity contribution in [2.75, 3.05) is 0 Å². The number of carboxylic acids is 1. The number of carbonyl (C=O) groups excluding carboxylic acids is 2. The van der Waals surface area contributed by atoms with Gasteiger partial charge in [-0.3, -0.25) is 9.59 Å². The van der Waals surface area contributed by atoms with Crippen LogP contribution in [-0.4, -0.2) is 27.2 Å². The van der Waals surface area contributed by atoms with Gasteiger partial charge in [-0.25, -0.2) is 4.79 Å². The molecule has 6 heteroatoms. The minimum atomic E-state index is -1.59. The third kappa shape index (κ3) is 3.66. The molecule has 0 radical (unpaired) electrons. The van der Waals surface area contributed by atoms with Crippen molar-refractivity contribution in [1.82, 2.24) is 4.57 Å². The lowest BCUT2D eigenvalue weighted by Gasteiger charge is -2.09. The van der Waals surface area contributed by atoms with E-state index < -0.39 is 24.0 Å². The van der Waals surface area contributed by atoms with E-state index in [1.807, 2.05) is 24.3 Å². The molecule has 1 N–H and O–H groups in total. The number of carbonyl (C=O) groups is 3. The van der Waals surface area contributed by atoms with Crippen LogP contribution >= 0.6 is 15.9 Å². The van der Waals surface area contributed by atoms with Gasteiger partial charge in [0.05, 0.1) is 12.1 Å². The maximum Gasteiger partial charge on any atom is 0.372 e. The smallest absolute Gasteiger partial charge is 0.372 e. The minimum Gasteiger partial charge on any atom is -0.475 e. The summed E-state index contributed by atoms with van der Waals surface area (Å²) in [6.45, 7) is 0.455. The lowest BCUT2D eigenvalue weighted by molar-refractivity contribution is -0.148. The molecule has 0 saturated heterocycles. The molecule has 0 aliphatic rings. The predicted octanol–water partition coefficient (Wildman–Crippen LogP) is 2.53. The van der Waals surface area contributed by atoms with Crippen molar-refractivity contribution in [3.63, 3.8) is 0 Å². The number of aromatic nitrogens is 1. The maximum absolute atomic E-state index is 12.0. The predicted molar refractivity (Wildman–Crippen MR) is 79.3 cm³/mol. The Labute approximate surface area is 129 Å². The standard InChI is InChI=1S/C15H12BrNO4/c16-11-5-2-1-4-10(11)9-17-7-3-6-12(17)13(18)8-14(19)15(20)21/h1-7H,8-9H2,(H,20,21). The van der Waals surface area contributed by atoms with Crippen molar-refractivity contribution in [1.29, 1.82) is 0 Å². The van der Waals surface area contributed by atoms with Crippen molar-refractivity contribution in [2.45, 2.75) is 13.0 Å². The zero-order valence-electron chi connectivity index (χ0n) is 11.0. The summed E-state index contributed by atoms with van der Waals surface area (Å²) in [6.07, 6.45) is 1.09. The third-order valence-corrected chi connectivity index (χ3v) is 3.75. The molecular weight excluding hydrogens is 338 g/mol. The Hall–Kier alpha value is -2.21. The van der Waals surface area contributed by atoms with Crippen LogP contribution in [0.3, 0.4) is 0 Å². The number of rotatable bonds is 6. The number of Topliss-reactive ketones (excluding diaryl/α,β-unsaturated/α-hetero) is 2. The van der Waals surface area contributed by atoms with Crippen LogP contribution in [0.2, 0.25) is 0 Å². The fourth-order valence-electron chi connectivity index (χ4n) is 1.93. The second-order valence-corrected chi connectivity index (χ2v) is 5.30. The van der Waals surface area contributed by atoms with Gasteiger partial charge in [-0.1, -0.05) is 34.1 Å². The molecule has 2 aromatic rings. The van der Waals surface area contributed by atoms with Crippen molar-refractivity contribution in [2.24, 2.45) is 0 Å². The second kappa shape index (κ2) is 6.49. The van der Waals surface area contributed by atoms with Gasteiger partial charge in [-0.2, -0.15) is 0 Å². The number of hydrogen-bond donors (Lipinski definition) is 1. The highest BCUT2D eigenvalue weighted by atomic mass is 79.9. The molecule has 5 nitrogen and oxygen atoms in total. The molecule has 21 heavy (non-hydrogen) atoms. The topological polar surface area (TPSA) is 76.4 Å². The highest BCUT2D eigenvalue weighted by molar-refractivity contribution is 9.10. The Morgan fingerprint density at radius 1 is 1.10 bits per heavy atom. The number of hydrogen-bond acceptors (Lipinski definition) is 3. The first-order valence-electron chi connectivity index (χ1n) is 6.17. The molecule has 0 saturated carbocycles. The molecule has 0 spiro atoms. The van der Waals surface area contributed by atoms with Gasteiger partial charge >= 0.3 is 5.97 Å². The van der Waals surface area contributed by atoms with Gasteiger partial charge in [-0.15, -0.1) is 0 Å². The molecule has 1 heterocycles. The molecule has 0 amide bonds. The van der Waals surface area contributed by atoms with Gasteiger partial charge in [0.2, 0.25) is 5.78 Å². The average molecular weight is 350 g/mol. The fourth-order valence-corrected chi connectivity index (χ4v) is 2.34. The van der Waals surface area contributed by atoms with Crippen molar-refractivity contribution < 1.29 is 19.5 Å². The highest BCUT2D eigenvalue weighted by Crippen LogP contribution is 2.18. The summed E-state index contributed by atoms with van der Waals surface area (Å²) in [5.74, 6) is -3.19. The van der Waals surface area contributed by atoms with Crippen LogP contribution in [0.15, 0.2) is 47.1 Å². The van der Waals surface area contributed by atoms with E-state index in [-0.39, 0.29) is 0 Å². The average Bonchev–Trinajstić information content (AvgIpc) is 2.89.